The Morgan fingerprint density at radius 3 is 2.77 bits per heavy atom. The van der Waals surface area contributed by atoms with Gasteiger partial charge in [0.05, 0.1) is 16.8 Å². The van der Waals surface area contributed by atoms with Gasteiger partial charge in [-0.15, -0.1) is 0 Å². The van der Waals surface area contributed by atoms with Crippen molar-refractivity contribution in [3.05, 3.63) is 54.7 Å². The molecule has 4 aromatic heterocycles. The molecular formula is C16H14N6. The van der Waals surface area contributed by atoms with E-state index in [1.165, 1.54) is 5.56 Å². The van der Waals surface area contributed by atoms with E-state index in [0.717, 1.165) is 28.0 Å². The zero-order valence-corrected chi connectivity index (χ0v) is 12.0. The van der Waals surface area contributed by atoms with E-state index < -0.39 is 0 Å². The summed E-state index contributed by atoms with van der Waals surface area (Å²) in [6.45, 7) is 2.07. The molecule has 4 aromatic rings. The summed E-state index contributed by atoms with van der Waals surface area (Å²) in [5.41, 5.74) is 10.5. The number of nitrogen functional groups attached to an aromatic ring is 1. The fourth-order valence-electron chi connectivity index (χ4n) is 2.63. The molecule has 0 saturated heterocycles. The predicted molar refractivity (Wildman–Crippen MR) is 85.6 cm³/mol. The Bertz CT molecular complexity index is 966. The summed E-state index contributed by atoms with van der Waals surface area (Å²) in [5.74, 6) is 0.258. The Balaban J connectivity index is 2.01. The van der Waals surface area contributed by atoms with Crippen molar-refractivity contribution < 1.29 is 0 Å². The van der Waals surface area contributed by atoms with Gasteiger partial charge >= 0.3 is 0 Å². The van der Waals surface area contributed by atoms with Crippen molar-refractivity contribution in [1.82, 2.24) is 24.5 Å². The van der Waals surface area contributed by atoms with Gasteiger partial charge in [0.25, 0.3) is 0 Å². The fraction of sp³-hybridized carbons (Fsp3) is 0.0625. The maximum Gasteiger partial charge on any atom is 0.220 e. The van der Waals surface area contributed by atoms with Crippen LogP contribution in [0.2, 0.25) is 0 Å². The van der Waals surface area contributed by atoms with E-state index in [1.54, 1.807) is 12.4 Å². The van der Waals surface area contributed by atoms with Crippen molar-refractivity contribution in [3.8, 4) is 16.9 Å². The van der Waals surface area contributed by atoms with Crippen LogP contribution >= 0.6 is 0 Å². The normalized spacial score (nSPS) is 11.1. The van der Waals surface area contributed by atoms with E-state index >= 15 is 0 Å². The smallest absolute Gasteiger partial charge is 0.220 e. The first kappa shape index (κ1) is 12.6. The van der Waals surface area contributed by atoms with Gasteiger partial charge in [-0.1, -0.05) is 0 Å². The number of aromatic amines is 1. The number of rotatable bonds is 2. The molecule has 0 fully saturated rings. The molecule has 0 aliphatic rings. The summed E-state index contributed by atoms with van der Waals surface area (Å²) in [5, 5.41) is 1.01. The van der Waals surface area contributed by atoms with Crippen molar-refractivity contribution in [2.75, 3.05) is 5.73 Å². The lowest BCUT2D eigenvalue weighted by Crippen LogP contribution is -1.96. The number of aromatic nitrogens is 5. The van der Waals surface area contributed by atoms with Crippen LogP contribution in [0.5, 0.6) is 0 Å². The summed E-state index contributed by atoms with van der Waals surface area (Å²) in [6.07, 6.45) is 9.47. The molecule has 4 rings (SSSR count). The second-order valence-corrected chi connectivity index (χ2v) is 5.15. The number of hydrogen-bond acceptors (Lipinski definition) is 4. The van der Waals surface area contributed by atoms with Gasteiger partial charge in [0.2, 0.25) is 5.95 Å². The van der Waals surface area contributed by atoms with Crippen molar-refractivity contribution in [2.24, 2.45) is 0 Å². The second-order valence-electron chi connectivity index (χ2n) is 5.15. The highest BCUT2D eigenvalue weighted by Crippen LogP contribution is 2.31. The van der Waals surface area contributed by atoms with Crippen LogP contribution in [0.1, 0.15) is 5.56 Å². The second kappa shape index (κ2) is 4.70. The number of H-pyrrole nitrogens is 1. The van der Waals surface area contributed by atoms with Gasteiger partial charge in [-0.3, -0.25) is 0 Å². The zero-order chi connectivity index (χ0) is 15.1. The van der Waals surface area contributed by atoms with Crippen LogP contribution in [0.4, 0.5) is 5.95 Å². The lowest BCUT2D eigenvalue weighted by molar-refractivity contribution is 1.08. The zero-order valence-electron chi connectivity index (χ0n) is 12.0. The van der Waals surface area contributed by atoms with E-state index in [4.69, 9.17) is 5.73 Å². The summed E-state index contributed by atoms with van der Waals surface area (Å²) in [4.78, 5) is 15.9. The Morgan fingerprint density at radius 1 is 1.14 bits per heavy atom. The van der Waals surface area contributed by atoms with Crippen molar-refractivity contribution in [1.29, 1.82) is 0 Å². The van der Waals surface area contributed by atoms with Crippen molar-refractivity contribution in [3.63, 3.8) is 0 Å². The van der Waals surface area contributed by atoms with E-state index in [9.17, 15) is 0 Å². The Kier molecular flexibility index (Phi) is 2.69. The van der Waals surface area contributed by atoms with E-state index in [2.05, 4.69) is 43.7 Å². The molecule has 0 aliphatic carbocycles. The van der Waals surface area contributed by atoms with Gasteiger partial charge in [-0.2, -0.15) is 0 Å². The maximum atomic E-state index is 5.71. The summed E-state index contributed by atoms with van der Waals surface area (Å²) in [6, 6.07) is 5.90. The molecule has 6 heteroatoms. The number of anilines is 1. The molecule has 4 heterocycles. The molecule has 0 aromatic carbocycles. The van der Waals surface area contributed by atoms with Crippen LogP contribution in [-0.2, 0) is 0 Å². The van der Waals surface area contributed by atoms with Gasteiger partial charge in [0, 0.05) is 36.5 Å². The minimum absolute atomic E-state index is 0.258. The number of fused-ring (bicyclic) bond motifs is 1. The summed E-state index contributed by atoms with van der Waals surface area (Å²) < 4.78 is 2.08. The van der Waals surface area contributed by atoms with Gasteiger partial charge in [-0.05, 0) is 30.7 Å². The number of nitrogens with zero attached hydrogens (tertiary/aromatic N) is 4. The van der Waals surface area contributed by atoms with Gasteiger partial charge in [0.1, 0.15) is 5.65 Å². The first-order chi connectivity index (χ1) is 10.7. The number of hydrogen-bond donors (Lipinski definition) is 2. The van der Waals surface area contributed by atoms with Crippen LogP contribution in [0.15, 0.2) is 49.2 Å². The molecule has 3 N–H and O–H groups in total. The Labute approximate surface area is 126 Å². The summed E-state index contributed by atoms with van der Waals surface area (Å²) >= 11 is 0. The monoisotopic (exact) mass is 290 g/mol. The molecule has 6 nitrogen and oxygen atoms in total. The average Bonchev–Trinajstić information content (AvgIpc) is 3.13. The van der Waals surface area contributed by atoms with Crippen molar-refractivity contribution >= 4 is 17.0 Å². The van der Waals surface area contributed by atoms with E-state index in [1.807, 2.05) is 24.5 Å². The fourth-order valence-corrected chi connectivity index (χ4v) is 2.63. The first-order valence-corrected chi connectivity index (χ1v) is 6.92. The van der Waals surface area contributed by atoms with Crippen LogP contribution in [0.3, 0.4) is 0 Å². The van der Waals surface area contributed by atoms with Gasteiger partial charge in [0.15, 0.2) is 0 Å². The van der Waals surface area contributed by atoms with Crippen LogP contribution in [0.25, 0.3) is 28.0 Å². The quantitative estimate of drug-likeness (QED) is 0.594. The molecule has 108 valence electrons. The molecule has 0 bridgehead atoms. The topological polar surface area (TPSA) is 85.4 Å². The van der Waals surface area contributed by atoms with Crippen LogP contribution < -0.4 is 5.73 Å². The largest absolute Gasteiger partial charge is 0.368 e. The SMILES string of the molecule is Cc1ccn(-c2ccnc3[nH]cc(-c4ccnc(N)n4)c23)c1. The predicted octanol–water partition coefficient (Wildman–Crippen LogP) is 2.70. The Hall–Kier alpha value is -3.15. The lowest BCUT2D eigenvalue weighted by atomic mass is 10.1. The third-order valence-electron chi connectivity index (χ3n) is 3.62. The van der Waals surface area contributed by atoms with E-state index in [-0.39, 0.29) is 5.95 Å². The third kappa shape index (κ3) is 1.93. The minimum Gasteiger partial charge on any atom is -0.368 e. The molecule has 22 heavy (non-hydrogen) atoms. The standard InChI is InChI=1S/C16H14N6/c1-10-4-7-22(9-10)13-3-6-18-15-14(13)11(8-20-15)12-2-5-19-16(17)21-12/h2-9H,1H3,(H,18,20)(H2,17,19,21). The maximum absolute atomic E-state index is 5.71. The molecule has 0 aliphatic heterocycles. The molecule has 0 atom stereocenters. The number of nitrogens with one attached hydrogen (secondary N) is 1. The number of pyridine rings is 1. The molecule has 0 amide bonds. The molecule has 0 radical (unpaired) electrons. The molecule has 0 saturated carbocycles. The highest BCUT2D eigenvalue weighted by molar-refractivity contribution is 5.98. The lowest BCUT2D eigenvalue weighted by Gasteiger charge is -2.07. The Morgan fingerprint density at radius 2 is 2.00 bits per heavy atom. The van der Waals surface area contributed by atoms with Gasteiger partial charge in [-0.25, -0.2) is 15.0 Å². The van der Waals surface area contributed by atoms with Gasteiger partial charge < -0.3 is 15.3 Å². The molecule has 0 unspecified atom stereocenters. The number of nitrogens with two attached hydrogens (primary N) is 1. The first-order valence-electron chi connectivity index (χ1n) is 6.92. The van der Waals surface area contributed by atoms with Crippen molar-refractivity contribution in [2.45, 2.75) is 6.92 Å². The van der Waals surface area contributed by atoms with Crippen LogP contribution in [0, 0.1) is 6.92 Å². The number of aryl methyl sites for hydroxylation is 1. The minimum atomic E-state index is 0.258. The molecule has 0 spiro atoms. The van der Waals surface area contributed by atoms with E-state index in [0.29, 0.717) is 0 Å². The highest BCUT2D eigenvalue weighted by Gasteiger charge is 2.13. The molecular weight excluding hydrogens is 276 g/mol. The van der Waals surface area contributed by atoms with Crippen LogP contribution in [-0.4, -0.2) is 24.5 Å². The third-order valence-corrected chi connectivity index (χ3v) is 3.62. The summed E-state index contributed by atoms with van der Waals surface area (Å²) in [7, 11) is 0. The highest BCUT2D eigenvalue weighted by atomic mass is 15.0. The average molecular weight is 290 g/mol.